The summed E-state index contributed by atoms with van der Waals surface area (Å²) < 4.78 is 13.6. The lowest BCUT2D eigenvalue weighted by Crippen LogP contribution is -2.08. The molecule has 0 fully saturated rings. The van der Waals surface area contributed by atoms with Crippen LogP contribution in [0.2, 0.25) is 0 Å². The van der Waals surface area contributed by atoms with E-state index < -0.39 is 0 Å². The number of halogens is 1. The topological polar surface area (TPSA) is 74.1 Å². The van der Waals surface area contributed by atoms with Gasteiger partial charge in [-0.2, -0.15) is 0 Å². The molecule has 0 aliphatic heterocycles. The second kappa shape index (κ2) is 8.52. The standard InChI is InChI=1S/C15H20BrN5O2/c1-4-6-21-15(18-19-20-21)17-10-11-8-12(16)14(23-7-5-2)13(9-11)22-3/h4,8-9H,1,5-7,10H2,2-3H3,(H,17,18,20). The van der Waals surface area contributed by atoms with Gasteiger partial charge in [-0.25, -0.2) is 4.68 Å². The molecular weight excluding hydrogens is 362 g/mol. The molecule has 1 aromatic carbocycles. The molecule has 7 nitrogen and oxygen atoms in total. The molecule has 0 saturated carbocycles. The van der Waals surface area contributed by atoms with Crippen LogP contribution in [0.4, 0.5) is 5.95 Å². The lowest BCUT2D eigenvalue weighted by Gasteiger charge is -2.14. The van der Waals surface area contributed by atoms with Crippen LogP contribution in [0.3, 0.4) is 0 Å². The van der Waals surface area contributed by atoms with Crippen molar-refractivity contribution in [3.05, 3.63) is 34.8 Å². The van der Waals surface area contributed by atoms with E-state index in [4.69, 9.17) is 9.47 Å². The minimum atomic E-state index is 0.548. The molecule has 0 aliphatic carbocycles. The zero-order valence-corrected chi connectivity index (χ0v) is 14.8. The van der Waals surface area contributed by atoms with Gasteiger partial charge in [0.15, 0.2) is 11.5 Å². The van der Waals surface area contributed by atoms with Crippen molar-refractivity contribution in [1.29, 1.82) is 0 Å². The first-order chi connectivity index (χ1) is 11.2. The Balaban J connectivity index is 2.12. The average Bonchev–Trinajstić information content (AvgIpc) is 2.99. The summed E-state index contributed by atoms with van der Waals surface area (Å²) in [4.78, 5) is 0. The van der Waals surface area contributed by atoms with Gasteiger partial charge in [-0.15, -0.1) is 6.58 Å². The molecule has 0 saturated heterocycles. The van der Waals surface area contributed by atoms with Gasteiger partial charge in [-0.1, -0.05) is 18.1 Å². The molecule has 0 amide bonds. The Morgan fingerprint density at radius 1 is 1.43 bits per heavy atom. The number of aromatic nitrogens is 4. The van der Waals surface area contributed by atoms with Crippen LogP contribution >= 0.6 is 15.9 Å². The van der Waals surface area contributed by atoms with E-state index in [2.05, 4.69) is 50.3 Å². The lowest BCUT2D eigenvalue weighted by molar-refractivity contribution is 0.292. The quantitative estimate of drug-likeness (QED) is 0.672. The summed E-state index contributed by atoms with van der Waals surface area (Å²) in [7, 11) is 1.63. The first-order valence-corrected chi connectivity index (χ1v) is 8.09. The maximum Gasteiger partial charge on any atom is 0.243 e. The molecule has 124 valence electrons. The molecule has 2 aromatic rings. The summed E-state index contributed by atoms with van der Waals surface area (Å²) in [5.74, 6) is 2.00. The average molecular weight is 382 g/mol. The molecule has 0 unspecified atom stereocenters. The van der Waals surface area contributed by atoms with Crippen LogP contribution in [0.1, 0.15) is 18.9 Å². The summed E-state index contributed by atoms with van der Waals surface area (Å²) in [6, 6.07) is 3.92. The zero-order valence-electron chi connectivity index (χ0n) is 13.3. The minimum absolute atomic E-state index is 0.548. The number of nitrogens with zero attached hydrogens (tertiary/aromatic N) is 4. The van der Waals surface area contributed by atoms with Crippen molar-refractivity contribution < 1.29 is 9.47 Å². The largest absolute Gasteiger partial charge is 0.493 e. The maximum atomic E-state index is 5.72. The number of hydrogen-bond acceptors (Lipinski definition) is 6. The number of rotatable bonds is 9. The van der Waals surface area contributed by atoms with E-state index in [0.717, 1.165) is 22.2 Å². The fraction of sp³-hybridized carbons (Fsp3) is 0.400. The summed E-state index contributed by atoms with van der Waals surface area (Å²) in [5, 5.41) is 14.7. The van der Waals surface area contributed by atoms with Crippen molar-refractivity contribution in [3.63, 3.8) is 0 Å². The number of ether oxygens (including phenoxy) is 2. The third kappa shape index (κ3) is 4.44. The molecular formula is C15H20BrN5O2. The molecule has 8 heteroatoms. The third-order valence-electron chi connectivity index (χ3n) is 3.02. The van der Waals surface area contributed by atoms with Gasteiger partial charge in [0.05, 0.1) is 24.7 Å². The van der Waals surface area contributed by atoms with E-state index in [-0.39, 0.29) is 0 Å². The SMILES string of the molecule is C=CCn1nnnc1NCc1cc(Br)c(OCCC)c(OC)c1. The normalized spacial score (nSPS) is 10.4. The highest BCUT2D eigenvalue weighted by molar-refractivity contribution is 9.10. The van der Waals surface area contributed by atoms with Crippen LogP contribution in [0.5, 0.6) is 11.5 Å². The van der Waals surface area contributed by atoms with Gasteiger partial charge in [0.25, 0.3) is 0 Å². The van der Waals surface area contributed by atoms with Crippen LogP contribution in [0, 0.1) is 0 Å². The molecule has 0 aliphatic rings. The molecule has 0 atom stereocenters. The van der Waals surface area contributed by atoms with Gasteiger partial charge >= 0.3 is 0 Å². The number of benzene rings is 1. The van der Waals surface area contributed by atoms with E-state index >= 15 is 0 Å². The monoisotopic (exact) mass is 381 g/mol. The Hall–Kier alpha value is -2.09. The Morgan fingerprint density at radius 3 is 2.96 bits per heavy atom. The number of allylic oxidation sites excluding steroid dienone is 1. The second-order valence-corrected chi connectivity index (χ2v) is 5.64. The van der Waals surface area contributed by atoms with Crippen molar-refractivity contribution in [2.24, 2.45) is 0 Å². The third-order valence-corrected chi connectivity index (χ3v) is 3.61. The van der Waals surface area contributed by atoms with Crippen molar-refractivity contribution in [1.82, 2.24) is 20.2 Å². The van der Waals surface area contributed by atoms with Crippen molar-refractivity contribution in [3.8, 4) is 11.5 Å². The van der Waals surface area contributed by atoms with Gasteiger partial charge in [0.1, 0.15) is 0 Å². The van der Waals surface area contributed by atoms with E-state index in [9.17, 15) is 0 Å². The highest BCUT2D eigenvalue weighted by Gasteiger charge is 2.12. The van der Waals surface area contributed by atoms with E-state index in [1.54, 1.807) is 17.9 Å². The van der Waals surface area contributed by atoms with E-state index in [1.165, 1.54) is 0 Å². The van der Waals surface area contributed by atoms with E-state index in [0.29, 0.717) is 31.4 Å². The fourth-order valence-corrected chi connectivity index (χ4v) is 2.58. The number of tetrazole rings is 1. The molecule has 0 bridgehead atoms. The summed E-state index contributed by atoms with van der Waals surface area (Å²) in [6.07, 6.45) is 2.67. The first kappa shape index (κ1) is 17.3. The Morgan fingerprint density at radius 2 is 2.26 bits per heavy atom. The minimum Gasteiger partial charge on any atom is -0.493 e. The zero-order chi connectivity index (χ0) is 16.7. The maximum absolute atomic E-state index is 5.72. The van der Waals surface area contributed by atoms with Crippen LogP contribution in [-0.2, 0) is 13.1 Å². The smallest absolute Gasteiger partial charge is 0.243 e. The first-order valence-electron chi connectivity index (χ1n) is 7.29. The van der Waals surface area contributed by atoms with Crippen LogP contribution in [0.25, 0.3) is 0 Å². The second-order valence-electron chi connectivity index (χ2n) is 4.78. The van der Waals surface area contributed by atoms with Gasteiger partial charge < -0.3 is 14.8 Å². The Labute approximate surface area is 143 Å². The lowest BCUT2D eigenvalue weighted by atomic mass is 10.2. The summed E-state index contributed by atoms with van der Waals surface area (Å²) in [6.45, 7) is 7.49. The van der Waals surface area contributed by atoms with E-state index in [1.807, 2.05) is 12.1 Å². The molecule has 0 radical (unpaired) electrons. The fourth-order valence-electron chi connectivity index (χ4n) is 1.98. The van der Waals surface area contributed by atoms with Crippen LogP contribution < -0.4 is 14.8 Å². The molecule has 2 rings (SSSR count). The Kier molecular flexibility index (Phi) is 6.40. The van der Waals surface area contributed by atoms with Gasteiger partial charge in [0, 0.05) is 6.54 Å². The molecule has 1 aromatic heterocycles. The molecule has 1 N–H and O–H groups in total. The predicted octanol–water partition coefficient (Wildman–Crippen LogP) is 3.03. The Bertz CT molecular complexity index is 659. The van der Waals surface area contributed by atoms with Gasteiger partial charge in [-0.05, 0) is 50.5 Å². The summed E-state index contributed by atoms with van der Waals surface area (Å²) >= 11 is 3.54. The predicted molar refractivity (Wildman–Crippen MR) is 91.8 cm³/mol. The number of methoxy groups -OCH3 is 1. The molecule has 23 heavy (non-hydrogen) atoms. The van der Waals surface area contributed by atoms with Crippen LogP contribution in [-0.4, -0.2) is 33.9 Å². The van der Waals surface area contributed by atoms with Crippen molar-refractivity contribution >= 4 is 21.9 Å². The number of hydrogen-bond donors (Lipinski definition) is 1. The van der Waals surface area contributed by atoms with Crippen LogP contribution in [0.15, 0.2) is 29.3 Å². The highest BCUT2D eigenvalue weighted by atomic mass is 79.9. The van der Waals surface area contributed by atoms with Crippen molar-refractivity contribution in [2.45, 2.75) is 26.4 Å². The molecule has 1 heterocycles. The van der Waals surface area contributed by atoms with Crippen molar-refractivity contribution in [2.75, 3.05) is 19.0 Å². The number of anilines is 1. The van der Waals surface area contributed by atoms with Gasteiger partial charge in [0.2, 0.25) is 5.95 Å². The van der Waals surface area contributed by atoms with Gasteiger partial charge in [-0.3, -0.25) is 0 Å². The molecule has 0 spiro atoms. The number of nitrogens with one attached hydrogen (secondary N) is 1. The highest BCUT2D eigenvalue weighted by Crippen LogP contribution is 2.36. The summed E-state index contributed by atoms with van der Waals surface area (Å²) in [5.41, 5.74) is 1.02.